The first-order valence-corrected chi connectivity index (χ1v) is 9.43. The normalized spacial score (nSPS) is 15.0. The first-order valence-electron chi connectivity index (χ1n) is 9.43. The molecule has 0 radical (unpaired) electrons. The van der Waals surface area contributed by atoms with Gasteiger partial charge in [-0.05, 0) is 32.5 Å². The third-order valence-corrected chi connectivity index (χ3v) is 4.50. The third-order valence-electron chi connectivity index (χ3n) is 4.50. The number of benzene rings is 1. The fourth-order valence-electron chi connectivity index (χ4n) is 2.99. The summed E-state index contributed by atoms with van der Waals surface area (Å²) >= 11 is 0. The molecule has 0 bridgehead atoms. The van der Waals surface area contributed by atoms with Crippen molar-refractivity contribution in [1.29, 1.82) is 0 Å². The lowest BCUT2D eigenvalue weighted by Gasteiger charge is -2.33. The number of carbonyl (C=O) groups is 1. The lowest BCUT2D eigenvalue weighted by molar-refractivity contribution is 0.102. The average molecular weight is 369 g/mol. The summed E-state index contributed by atoms with van der Waals surface area (Å²) in [7, 11) is 0. The molecule has 0 unspecified atom stereocenters. The van der Waals surface area contributed by atoms with Crippen molar-refractivity contribution in [3.63, 3.8) is 0 Å². The van der Waals surface area contributed by atoms with Gasteiger partial charge in [-0.2, -0.15) is 0 Å². The van der Waals surface area contributed by atoms with Gasteiger partial charge in [0.25, 0.3) is 5.91 Å². The molecule has 0 atom stereocenters. The molecule has 3 rings (SSSR count). The number of carbonyl (C=O) groups excluding carboxylic acids is 1. The monoisotopic (exact) mass is 369 g/mol. The van der Waals surface area contributed by atoms with Crippen molar-refractivity contribution in [3.8, 4) is 5.75 Å². The summed E-state index contributed by atoms with van der Waals surface area (Å²) in [5, 5.41) is 2.88. The number of para-hydroxylation sites is 2. The molecular formula is C20H27N5O2. The summed E-state index contributed by atoms with van der Waals surface area (Å²) in [5.41, 5.74) is 1.06. The van der Waals surface area contributed by atoms with E-state index < -0.39 is 0 Å². The first-order chi connectivity index (χ1) is 13.1. The summed E-state index contributed by atoms with van der Waals surface area (Å²) < 4.78 is 5.74. The Bertz CT molecular complexity index is 755. The minimum absolute atomic E-state index is 0.0267. The number of nitrogens with zero attached hydrogens (tertiary/aromatic N) is 4. The molecule has 7 heteroatoms. The minimum Gasteiger partial charge on any atom is -0.489 e. The van der Waals surface area contributed by atoms with Crippen molar-refractivity contribution in [1.82, 2.24) is 14.9 Å². The van der Waals surface area contributed by atoms with E-state index in [2.05, 4.69) is 32.0 Å². The van der Waals surface area contributed by atoms with Crippen molar-refractivity contribution >= 4 is 17.5 Å². The Labute approximate surface area is 160 Å². The summed E-state index contributed by atoms with van der Waals surface area (Å²) in [5.74, 6) is 1.06. The molecular weight excluding hydrogens is 342 g/mol. The van der Waals surface area contributed by atoms with Crippen molar-refractivity contribution in [2.75, 3.05) is 42.9 Å². The Morgan fingerprint density at radius 2 is 1.81 bits per heavy atom. The molecule has 0 spiro atoms. The molecule has 27 heavy (non-hydrogen) atoms. The Kier molecular flexibility index (Phi) is 6.24. The molecule has 1 N–H and O–H groups in total. The van der Waals surface area contributed by atoms with Crippen LogP contribution in [0.15, 0.2) is 36.7 Å². The Balaban J connectivity index is 1.65. The van der Waals surface area contributed by atoms with Crippen molar-refractivity contribution < 1.29 is 9.53 Å². The summed E-state index contributed by atoms with van der Waals surface area (Å²) in [6.45, 7) is 11.0. The number of piperazine rings is 1. The van der Waals surface area contributed by atoms with E-state index in [0.717, 1.165) is 32.7 Å². The van der Waals surface area contributed by atoms with Gasteiger partial charge in [-0.25, -0.2) is 9.97 Å². The average Bonchev–Trinajstić information content (AvgIpc) is 2.69. The zero-order valence-corrected chi connectivity index (χ0v) is 16.2. The molecule has 1 aromatic carbocycles. The summed E-state index contributed by atoms with van der Waals surface area (Å²) in [6, 6.07) is 7.39. The molecule has 144 valence electrons. The molecule has 1 aliphatic rings. The van der Waals surface area contributed by atoms with Crippen LogP contribution in [-0.4, -0.2) is 59.6 Å². The smallest absolute Gasteiger partial charge is 0.258 e. The van der Waals surface area contributed by atoms with Crippen LogP contribution in [0.1, 0.15) is 31.1 Å². The Morgan fingerprint density at radius 1 is 1.15 bits per heavy atom. The Morgan fingerprint density at radius 3 is 2.44 bits per heavy atom. The van der Waals surface area contributed by atoms with Gasteiger partial charge in [-0.3, -0.25) is 4.79 Å². The van der Waals surface area contributed by atoms with Crippen LogP contribution in [0, 0.1) is 0 Å². The maximum Gasteiger partial charge on any atom is 0.258 e. The fraction of sp³-hybridized carbons (Fsp3) is 0.450. The molecule has 1 saturated heterocycles. The molecule has 2 aromatic rings. The van der Waals surface area contributed by atoms with Crippen LogP contribution in [0.4, 0.5) is 11.6 Å². The van der Waals surface area contributed by atoms with Crippen molar-refractivity contribution in [2.45, 2.75) is 26.9 Å². The quantitative estimate of drug-likeness (QED) is 0.844. The number of hydrogen-bond donors (Lipinski definition) is 1. The van der Waals surface area contributed by atoms with E-state index in [9.17, 15) is 4.79 Å². The maximum absolute atomic E-state index is 12.6. The molecule has 1 fully saturated rings. The zero-order valence-electron chi connectivity index (χ0n) is 16.2. The van der Waals surface area contributed by atoms with Gasteiger partial charge in [-0.15, -0.1) is 0 Å². The van der Waals surface area contributed by atoms with E-state index in [1.165, 1.54) is 0 Å². The lowest BCUT2D eigenvalue weighted by Crippen LogP contribution is -2.46. The summed E-state index contributed by atoms with van der Waals surface area (Å²) in [6.07, 6.45) is 3.18. The van der Waals surface area contributed by atoms with Crippen LogP contribution >= 0.6 is 0 Å². The lowest BCUT2D eigenvalue weighted by atomic mass is 10.2. The second-order valence-corrected chi connectivity index (χ2v) is 6.81. The highest BCUT2D eigenvalue weighted by Gasteiger charge is 2.18. The van der Waals surface area contributed by atoms with Crippen molar-refractivity contribution in [3.05, 3.63) is 42.2 Å². The van der Waals surface area contributed by atoms with Crippen LogP contribution in [-0.2, 0) is 0 Å². The highest BCUT2D eigenvalue weighted by Crippen LogP contribution is 2.25. The van der Waals surface area contributed by atoms with Gasteiger partial charge in [0, 0.05) is 38.6 Å². The largest absolute Gasteiger partial charge is 0.489 e. The van der Waals surface area contributed by atoms with E-state index in [4.69, 9.17) is 4.74 Å². The number of nitrogens with one attached hydrogen (secondary N) is 1. The van der Waals surface area contributed by atoms with E-state index in [0.29, 0.717) is 22.9 Å². The number of amides is 1. The molecule has 1 amide bonds. The number of aromatic nitrogens is 2. The highest BCUT2D eigenvalue weighted by atomic mass is 16.5. The van der Waals surface area contributed by atoms with Crippen LogP contribution in [0.5, 0.6) is 5.75 Å². The van der Waals surface area contributed by atoms with Gasteiger partial charge < -0.3 is 19.9 Å². The number of hydrogen-bond acceptors (Lipinski definition) is 6. The molecule has 0 saturated carbocycles. The van der Waals surface area contributed by atoms with Crippen LogP contribution in [0.2, 0.25) is 0 Å². The molecule has 2 heterocycles. The molecule has 1 aromatic heterocycles. The summed E-state index contributed by atoms with van der Waals surface area (Å²) in [4.78, 5) is 25.9. The number of ether oxygens (including phenoxy) is 1. The Hall–Kier alpha value is -2.67. The van der Waals surface area contributed by atoms with Gasteiger partial charge in [0.2, 0.25) is 5.95 Å². The van der Waals surface area contributed by atoms with Gasteiger partial charge in [-0.1, -0.05) is 19.1 Å². The molecule has 1 aliphatic heterocycles. The molecule has 7 nitrogen and oxygen atoms in total. The second kappa shape index (κ2) is 8.81. The topological polar surface area (TPSA) is 70.6 Å². The SMILES string of the molecule is CCN1CCN(c2ncc(C(=O)Nc3ccccc3OC(C)C)cn2)CC1. The first kappa shape index (κ1) is 19.1. The second-order valence-electron chi connectivity index (χ2n) is 6.81. The fourth-order valence-corrected chi connectivity index (χ4v) is 2.99. The predicted molar refractivity (Wildman–Crippen MR) is 107 cm³/mol. The van der Waals surface area contributed by atoms with E-state index >= 15 is 0 Å². The number of anilines is 2. The van der Waals surface area contributed by atoms with E-state index in [1.807, 2.05) is 38.1 Å². The van der Waals surface area contributed by atoms with Gasteiger partial charge in [0.05, 0.1) is 17.4 Å². The van der Waals surface area contributed by atoms with Crippen LogP contribution in [0.3, 0.4) is 0 Å². The predicted octanol–water partition coefficient (Wildman–Crippen LogP) is 2.66. The molecule has 0 aliphatic carbocycles. The van der Waals surface area contributed by atoms with Crippen LogP contribution < -0.4 is 15.0 Å². The number of rotatable bonds is 6. The third kappa shape index (κ3) is 4.95. The maximum atomic E-state index is 12.6. The van der Waals surface area contributed by atoms with Crippen LogP contribution in [0.25, 0.3) is 0 Å². The standard InChI is InChI=1S/C20H27N5O2/c1-4-24-9-11-25(12-10-24)20-21-13-16(14-22-20)19(26)23-17-7-5-6-8-18(17)27-15(2)3/h5-8,13-15H,4,9-12H2,1-3H3,(H,23,26). The highest BCUT2D eigenvalue weighted by molar-refractivity contribution is 6.04. The van der Waals surface area contributed by atoms with E-state index in [1.54, 1.807) is 12.4 Å². The van der Waals surface area contributed by atoms with E-state index in [-0.39, 0.29) is 12.0 Å². The zero-order chi connectivity index (χ0) is 19.2. The van der Waals surface area contributed by atoms with Gasteiger partial charge in [0.1, 0.15) is 5.75 Å². The number of likely N-dealkylation sites (N-methyl/N-ethyl adjacent to an activating group) is 1. The van der Waals surface area contributed by atoms with Crippen molar-refractivity contribution in [2.24, 2.45) is 0 Å². The van der Waals surface area contributed by atoms with Gasteiger partial charge >= 0.3 is 0 Å². The minimum atomic E-state index is -0.253. The van der Waals surface area contributed by atoms with Gasteiger partial charge in [0.15, 0.2) is 0 Å².